The van der Waals surface area contributed by atoms with Gasteiger partial charge in [-0.1, -0.05) is 64.5 Å². The Morgan fingerprint density at radius 1 is 1.12 bits per heavy atom. The van der Waals surface area contributed by atoms with Gasteiger partial charge in [-0.05, 0) is 48.6 Å². The number of nitrogens with one attached hydrogen (secondary N) is 2. The average molecular weight is 587 g/mol. The zero-order valence-electron chi connectivity index (χ0n) is 25.2. The molecule has 2 rings (SSSR count). The minimum Gasteiger partial charge on any atom is -0.481 e. The van der Waals surface area contributed by atoms with E-state index in [9.17, 15) is 24.3 Å². The van der Waals surface area contributed by atoms with Crippen molar-refractivity contribution in [1.82, 2.24) is 5.32 Å². The Kier molecular flexibility index (Phi) is 13.0. The molecule has 0 aliphatic carbocycles. The number of aliphatic hydroxyl groups excluding tert-OH is 1. The summed E-state index contributed by atoms with van der Waals surface area (Å²) in [6, 6.07) is 7.00. The number of aliphatic hydroxyl groups is 1. The highest BCUT2D eigenvalue weighted by atomic mass is 32.2. The molecule has 0 saturated carbocycles. The molecule has 1 heterocycles. The molecule has 0 spiro atoms. The lowest BCUT2D eigenvalue weighted by molar-refractivity contribution is -0.137. The van der Waals surface area contributed by atoms with Crippen molar-refractivity contribution in [3.05, 3.63) is 41.0 Å². The molecule has 1 aromatic carbocycles. The summed E-state index contributed by atoms with van der Waals surface area (Å²) in [6.45, 7) is 11.6. The predicted octanol–water partition coefficient (Wildman–Crippen LogP) is 5.45. The quantitative estimate of drug-likeness (QED) is 0.188. The molecule has 0 fully saturated rings. The fourth-order valence-corrected chi connectivity index (χ4v) is 6.24. The van der Waals surface area contributed by atoms with Gasteiger partial charge < -0.3 is 20.9 Å². The van der Waals surface area contributed by atoms with Gasteiger partial charge in [-0.2, -0.15) is 0 Å². The van der Waals surface area contributed by atoms with Crippen molar-refractivity contribution in [3.8, 4) is 0 Å². The number of hydrogen-bond donors (Lipinski definition) is 4. The van der Waals surface area contributed by atoms with Crippen LogP contribution in [0.3, 0.4) is 0 Å². The van der Waals surface area contributed by atoms with E-state index in [4.69, 9.17) is 10.5 Å². The van der Waals surface area contributed by atoms with Gasteiger partial charge in [0.1, 0.15) is 0 Å². The Bertz CT molecular complexity index is 1150. The van der Waals surface area contributed by atoms with E-state index in [0.717, 1.165) is 16.9 Å². The van der Waals surface area contributed by atoms with Crippen molar-refractivity contribution >= 4 is 45.8 Å². The lowest BCUT2D eigenvalue weighted by Crippen LogP contribution is -2.50. The summed E-state index contributed by atoms with van der Waals surface area (Å²) < 4.78 is 0. The normalized spacial score (nSPS) is 17.6. The molecule has 41 heavy (non-hydrogen) atoms. The molecular formula is C32H46N2O6S. The van der Waals surface area contributed by atoms with Crippen molar-refractivity contribution in [1.29, 1.82) is 5.41 Å². The van der Waals surface area contributed by atoms with Crippen LogP contribution in [0.1, 0.15) is 91.2 Å². The van der Waals surface area contributed by atoms with E-state index in [1.165, 1.54) is 10.5 Å². The van der Waals surface area contributed by atoms with Crippen LogP contribution < -0.4 is 5.32 Å². The number of benzene rings is 1. The third-order valence-corrected chi connectivity index (χ3v) is 9.12. The van der Waals surface area contributed by atoms with Crippen LogP contribution in [0.15, 0.2) is 29.8 Å². The molecule has 0 saturated heterocycles. The highest BCUT2D eigenvalue weighted by Gasteiger charge is 2.36. The summed E-state index contributed by atoms with van der Waals surface area (Å²) >= 11 is 1.84. The molecule has 1 aromatic rings. The largest absolute Gasteiger partial charge is 0.481 e. The Labute approximate surface area is 248 Å². The first kappa shape index (κ1) is 34.4. The molecule has 8 nitrogen and oxygen atoms in total. The number of hydrogen-bond acceptors (Lipinski definition) is 7. The number of amides is 1. The van der Waals surface area contributed by atoms with Gasteiger partial charge in [0.25, 0.3) is 0 Å². The summed E-state index contributed by atoms with van der Waals surface area (Å²) in [5.41, 5.74) is 2.55. The molecule has 226 valence electrons. The summed E-state index contributed by atoms with van der Waals surface area (Å²) in [5, 5.41) is 30.5. The van der Waals surface area contributed by atoms with Gasteiger partial charge in [0.15, 0.2) is 11.6 Å². The van der Waals surface area contributed by atoms with E-state index in [-0.39, 0.29) is 50.0 Å². The first-order valence-corrected chi connectivity index (χ1v) is 15.4. The Morgan fingerprint density at radius 3 is 2.27 bits per heavy atom. The lowest BCUT2D eigenvalue weighted by atomic mass is 9.79. The van der Waals surface area contributed by atoms with E-state index in [2.05, 4.69) is 19.2 Å². The third-order valence-electron chi connectivity index (χ3n) is 7.60. The topological polar surface area (TPSA) is 145 Å². The molecule has 1 aliphatic rings. The number of ketones is 2. The van der Waals surface area contributed by atoms with E-state index in [1.54, 1.807) is 27.7 Å². The molecule has 0 radical (unpaired) electrons. The van der Waals surface area contributed by atoms with E-state index < -0.39 is 41.1 Å². The number of rotatable bonds is 16. The van der Waals surface area contributed by atoms with Gasteiger partial charge in [0.05, 0.1) is 17.9 Å². The fraction of sp³-hybridized carbons (Fsp3) is 0.594. The molecule has 0 bridgehead atoms. The first-order valence-electron chi connectivity index (χ1n) is 14.4. The van der Waals surface area contributed by atoms with Crippen molar-refractivity contribution in [2.24, 2.45) is 17.3 Å². The minimum atomic E-state index is -0.995. The minimum absolute atomic E-state index is 0.0267. The van der Waals surface area contributed by atoms with Crippen molar-refractivity contribution in [3.63, 3.8) is 0 Å². The number of aliphatic carboxylic acids is 1. The van der Waals surface area contributed by atoms with E-state index >= 15 is 0 Å². The molecule has 1 amide bonds. The summed E-state index contributed by atoms with van der Waals surface area (Å²) in [5.74, 6) is -1.53. The van der Waals surface area contributed by atoms with Gasteiger partial charge >= 0.3 is 5.97 Å². The number of allylic oxidation sites excluding steroid dienone is 1. The molecule has 4 N–H and O–H groups in total. The second kappa shape index (κ2) is 15.4. The number of thioether (sulfide) groups is 1. The standard InChI is InChI=1S/C32H46N2O6S/c1-7-24(35)16-23(17-26(36)31(32(4,5)6)34-27(37)9-8-10-28(38)39)29(40)25(33)15-21-11-13-22(14-12-21)30-20(3)19(2)18-41-30/h11-14,19,23-24,31,33,35H,7-10,15-18H2,1-6H3,(H,34,37)(H,38,39)/t19?,23?,24?,31-/m1/s1. The zero-order valence-corrected chi connectivity index (χ0v) is 26.0. The van der Waals surface area contributed by atoms with Crippen LogP contribution in [0.4, 0.5) is 0 Å². The van der Waals surface area contributed by atoms with Crippen molar-refractivity contribution in [2.75, 3.05) is 5.75 Å². The van der Waals surface area contributed by atoms with Gasteiger partial charge in [0.2, 0.25) is 5.91 Å². The second-order valence-electron chi connectivity index (χ2n) is 12.2. The number of carboxylic acid groups (broad SMARTS) is 1. The second-order valence-corrected chi connectivity index (χ2v) is 13.2. The van der Waals surface area contributed by atoms with Gasteiger partial charge in [-0.3, -0.25) is 19.2 Å². The number of carbonyl (C=O) groups excluding carboxylic acids is 3. The van der Waals surface area contributed by atoms with Gasteiger partial charge in [-0.25, -0.2) is 0 Å². The Balaban J connectivity index is 2.14. The summed E-state index contributed by atoms with van der Waals surface area (Å²) in [6.07, 6.45) is -0.451. The Morgan fingerprint density at radius 2 is 1.76 bits per heavy atom. The van der Waals surface area contributed by atoms with Crippen LogP contribution >= 0.6 is 11.8 Å². The maximum absolute atomic E-state index is 13.5. The number of carboxylic acids is 1. The van der Waals surface area contributed by atoms with Crippen LogP contribution in [0, 0.1) is 22.7 Å². The summed E-state index contributed by atoms with van der Waals surface area (Å²) in [4.78, 5) is 51.5. The summed E-state index contributed by atoms with van der Waals surface area (Å²) in [7, 11) is 0. The lowest BCUT2D eigenvalue weighted by Gasteiger charge is -2.31. The predicted molar refractivity (Wildman–Crippen MR) is 164 cm³/mol. The average Bonchev–Trinajstić information content (AvgIpc) is 3.23. The highest BCUT2D eigenvalue weighted by molar-refractivity contribution is 8.08. The van der Waals surface area contributed by atoms with E-state index in [0.29, 0.717) is 12.3 Å². The molecular weight excluding hydrogens is 540 g/mol. The first-order chi connectivity index (χ1) is 19.1. The van der Waals surface area contributed by atoms with Crippen LogP contribution in [-0.2, 0) is 25.6 Å². The van der Waals surface area contributed by atoms with Gasteiger partial charge in [-0.15, -0.1) is 11.8 Å². The molecule has 1 aliphatic heterocycles. The molecule has 9 heteroatoms. The Hall–Kier alpha value is -2.78. The monoisotopic (exact) mass is 586 g/mol. The van der Waals surface area contributed by atoms with Crippen LogP contribution in [0.2, 0.25) is 0 Å². The SMILES string of the molecule is CCC(O)CC(CC(=O)[C@@H](NC(=O)CCCC(=O)O)C(C)(C)C)C(=O)C(=N)Cc1ccc(C2=C(C)C(C)CS2)cc1. The maximum atomic E-state index is 13.5. The van der Waals surface area contributed by atoms with E-state index in [1.807, 2.05) is 36.0 Å². The van der Waals surface area contributed by atoms with Crippen LogP contribution in [-0.4, -0.2) is 57.3 Å². The van der Waals surface area contributed by atoms with Crippen LogP contribution in [0.5, 0.6) is 0 Å². The smallest absolute Gasteiger partial charge is 0.303 e. The molecule has 0 aromatic heterocycles. The maximum Gasteiger partial charge on any atom is 0.303 e. The van der Waals surface area contributed by atoms with Crippen LogP contribution in [0.25, 0.3) is 4.91 Å². The molecule has 3 unspecified atom stereocenters. The molecule has 4 atom stereocenters. The van der Waals surface area contributed by atoms with Crippen molar-refractivity contribution < 1.29 is 29.4 Å². The fourth-order valence-electron chi connectivity index (χ4n) is 4.85. The third kappa shape index (κ3) is 10.5. The highest BCUT2D eigenvalue weighted by Crippen LogP contribution is 2.42. The van der Waals surface area contributed by atoms with Crippen molar-refractivity contribution in [2.45, 2.75) is 98.6 Å². The van der Waals surface area contributed by atoms with Gasteiger partial charge in [0, 0.05) is 42.3 Å². The number of Topliss-reactive ketones (excluding diaryl/α,β-unsaturated/α-hetero) is 2. The number of carbonyl (C=O) groups is 4. The zero-order chi connectivity index (χ0) is 30.9.